The van der Waals surface area contributed by atoms with Crippen LogP contribution in [0.4, 0.5) is 4.39 Å². The highest BCUT2D eigenvalue weighted by atomic mass is 32.1. The van der Waals surface area contributed by atoms with Crippen LogP contribution >= 0.6 is 11.3 Å². The first kappa shape index (κ1) is 9.17. The average Bonchev–Trinajstić information content (AvgIpc) is 2.61. The molecule has 0 aliphatic heterocycles. The Morgan fingerprint density at radius 3 is 2.93 bits per heavy atom. The summed E-state index contributed by atoms with van der Waals surface area (Å²) in [5.41, 5.74) is 1.24. The number of nitriles is 1. The van der Waals surface area contributed by atoms with Crippen LogP contribution in [0.2, 0.25) is 0 Å². The molecule has 1 heterocycles. The monoisotopic (exact) mass is 205 g/mol. The molecule has 0 radical (unpaired) electrons. The molecule has 14 heavy (non-hydrogen) atoms. The summed E-state index contributed by atoms with van der Waals surface area (Å²) in [6.07, 6.45) is 0.831. The third-order valence-electron chi connectivity index (χ3n) is 2.26. The summed E-state index contributed by atoms with van der Waals surface area (Å²) in [5, 5.41) is 11.7. The van der Waals surface area contributed by atoms with Crippen molar-refractivity contribution >= 4 is 21.4 Å². The lowest BCUT2D eigenvalue weighted by molar-refractivity contribution is 0.626. The Hall–Kier alpha value is -1.40. The molecule has 70 valence electrons. The van der Waals surface area contributed by atoms with Crippen LogP contribution in [0, 0.1) is 17.1 Å². The highest BCUT2D eigenvalue weighted by Crippen LogP contribution is 2.30. The maximum absolute atomic E-state index is 13.3. The molecule has 0 N–H and O–H groups in total. The van der Waals surface area contributed by atoms with E-state index in [4.69, 9.17) is 5.26 Å². The van der Waals surface area contributed by atoms with Gasteiger partial charge in [-0.3, -0.25) is 0 Å². The van der Waals surface area contributed by atoms with E-state index in [2.05, 4.69) is 0 Å². The third kappa shape index (κ3) is 1.19. The lowest BCUT2D eigenvalue weighted by Gasteiger charge is -1.98. The molecular formula is C11H8FNS. The zero-order valence-electron chi connectivity index (χ0n) is 7.67. The van der Waals surface area contributed by atoms with Crippen molar-refractivity contribution < 1.29 is 4.39 Å². The van der Waals surface area contributed by atoms with Crippen molar-refractivity contribution in [1.82, 2.24) is 0 Å². The zero-order chi connectivity index (χ0) is 10.1. The second kappa shape index (κ2) is 3.39. The van der Waals surface area contributed by atoms with E-state index in [1.54, 1.807) is 17.4 Å². The van der Waals surface area contributed by atoms with E-state index in [0.29, 0.717) is 0 Å². The van der Waals surface area contributed by atoms with Crippen molar-refractivity contribution in [2.24, 2.45) is 0 Å². The molecule has 0 bridgehead atoms. The fourth-order valence-electron chi connectivity index (χ4n) is 1.54. The molecule has 0 fully saturated rings. The van der Waals surface area contributed by atoms with Crippen molar-refractivity contribution in [2.45, 2.75) is 13.3 Å². The van der Waals surface area contributed by atoms with Crippen LogP contribution in [0.15, 0.2) is 17.5 Å². The van der Waals surface area contributed by atoms with Gasteiger partial charge in [-0.15, -0.1) is 11.3 Å². The first-order valence-corrected chi connectivity index (χ1v) is 5.24. The average molecular weight is 205 g/mol. The number of hydrogen-bond acceptors (Lipinski definition) is 2. The van der Waals surface area contributed by atoms with E-state index in [9.17, 15) is 4.39 Å². The van der Waals surface area contributed by atoms with Gasteiger partial charge >= 0.3 is 0 Å². The predicted octanol–water partition coefficient (Wildman–Crippen LogP) is 3.47. The van der Waals surface area contributed by atoms with Gasteiger partial charge in [-0.25, -0.2) is 4.39 Å². The minimum absolute atomic E-state index is 0.181. The number of benzene rings is 1. The Balaban J connectivity index is 2.90. The van der Waals surface area contributed by atoms with E-state index < -0.39 is 5.82 Å². The van der Waals surface area contributed by atoms with Crippen molar-refractivity contribution in [2.75, 3.05) is 0 Å². The molecule has 0 saturated carbocycles. The van der Waals surface area contributed by atoms with Crippen molar-refractivity contribution in [1.29, 1.82) is 5.26 Å². The van der Waals surface area contributed by atoms with E-state index in [1.165, 1.54) is 6.07 Å². The van der Waals surface area contributed by atoms with Crippen LogP contribution in [0.1, 0.15) is 18.1 Å². The molecule has 2 rings (SSSR count). The van der Waals surface area contributed by atoms with Crippen molar-refractivity contribution in [3.05, 3.63) is 34.5 Å². The molecule has 0 unspecified atom stereocenters. The minimum atomic E-state index is -0.423. The van der Waals surface area contributed by atoms with E-state index >= 15 is 0 Å². The molecule has 1 nitrogen and oxygen atoms in total. The zero-order valence-corrected chi connectivity index (χ0v) is 8.49. The maximum Gasteiger partial charge on any atom is 0.141 e. The van der Waals surface area contributed by atoms with Gasteiger partial charge < -0.3 is 0 Å². The lowest BCUT2D eigenvalue weighted by Crippen LogP contribution is -1.86. The fourth-order valence-corrected chi connectivity index (χ4v) is 2.59. The Morgan fingerprint density at radius 1 is 1.50 bits per heavy atom. The molecule has 1 aromatic heterocycles. The van der Waals surface area contributed by atoms with E-state index in [1.807, 2.05) is 18.4 Å². The number of nitrogens with zero attached hydrogens (tertiary/aromatic N) is 1. The van der Waals surface area contributed by atoms with Gasteiger partial charge in [-0.2, -0.15) is 5.26 Å². The fraction of sp³-hybridized carbons (Fsp3) is 0.182. The minimum Gasteiger partial charge on any atom is -0.206 e. The lowest BCUT2D eigenvalue weighted by atomic mass is 10.1. The van der Waals surface area contributed by atoms with Crippen molar-refractivity contribution in [3.63, 3.8) is 0 Å². The van der Waals surface area contributed by atoms with Crippen molar-refractivity contribution in [3.8, 4) is 6.07 Å². The number of rotatable bonds is 1. The second-order valence-corrected chi connectivity index (χ2v) is 3.93. The molecule has 0 saturated heterocycles. The Kier molecular flexibility index (Phi) is 2.22. The summed E-state index contributed by atoms with van der Waals surface area (Å²) in [5.74, 6) is -0.423. The number of hydrogen-bond donors (Lipinski definition) is 0. The van der Waals surface area contributed by atoms with Gasteiger partial charge in [-0.05, 0) is 29.5 Å². The molecular weight excluding hydrogens is 197 g/mol. The van der Waals surface area contributed by atoms with Gasteiger partial charge in [0.15, 0.2) is 0 Å². The van der Waals surface area contributed by atoms with Gasteiger partial charge in [0.2, 0.25) is 0 Å². The number of fused-ring (bicyclic) bond motifs is 1. The molecule has 0 amide bonds. The van der Waals surface area contributed by atoms with Crippen LogP contribution in [0.5, 0.6) is 0 Å². The summed E-state index contributed by atoms with van der Waals surface area (Å²) in [7, 11) is 0. The number of halogens is 1. The largest absolute Gasteiger partial charge is 0.206 e. The standard InChI is InChI=1S/C11H8FNS/c1-2-7-6-14-10-4-3-9(12)8(5-13)11(7)10/h3-4,6H,2H2,1H3. The molecule has 0 atom stereocenters. The molecule has 2 aromatic rings. The summed E-state index contributed by atoms with van der Waals surface area (Å²) in [6.45, 7) is 2.01. The Labute approximate surface area is 85.4 Å². The smallest absolute Gasteiger partial charge is 0.141 e. The van der Waals surface area contributed by atoms with E-state index in [-0.39, 0.29) is 5.56 Å². The summed E-state index contributed by atoms with van der Waals surface area (Å²) in [4.78, 5) is 0. The summed E-state index contributed by atoms with van der Waals surface area (Å²) >= 11 is 1.56. The topological polar surface area (TPSA) is 23.8 Å². The van der Waals surface area contributed by atoms with Gasteiger partial charge in [0, 0.05) is 10.1 Å². The van der Waals surface area contributed by atoms with E-state index in [0.717, 1.165) is 22.1 Å². The predicted molar refractivity (Wildman–Crippen MR) is 55.9 cm³/mol. The van der Waals surface area contributed by atoms with Gasteiger partial charge in [0.1, 0.15) is 11.9 Å². The molecule has 0 spiro atoms. The first-order valence-electron chi connectivity index (χ1n) is 4.36. The van der Waals surface area contributed by atoms with Crippen LogP contribution in [0.3, 0.4) is 0 Å². The van der Waals surface area contributed by atoms with Crippen LogP contribution < -0.4 is 0 Å². The van der Waals surface area contributed by atoms with Crippen LogP contribution in [-0.4, -0.2) is 0 Å². The summed E-state index contributed by atoms with van der Waals surface area (Å²) in [6, 6.07) is 5.02. The maximum atomic E-state index is 13.3. The third-order valence-corrected chi connectivity index (χ3v) is 3.25. The summed E-state index contributed by atoms with van der Waals surface area (Å²) < 4.78 is 14.3. The quantitative estimate of drug-likeness (QED) is 0.699. The number of thiophene rings is 1. The second-order valence-electron chi connectivity index (χ2n) is 3.02. The first-order chi connectivity index (χ1) is 6.77. The Morgan fingerprint density at radius 2 is 2.29 bits per heavy atom. The van der Waals surface area contributed by atoms with Gasteiger partial charge in [0.25, 0.3) is 0 Å². The molecule has 1 aromatic carbocycles. The highest BCUT2D eigenvalue weighted by molar-refractivity contribution is 7.17. The molecule has 0 aliphatic rings. The van der Waals surface area contributed by atoms with Gasteiger partial charge in [-0.1, -0.05) is 6.92 Å². The Bertz CT molecular complexity index is 522. The van der Waals surface area contributed by atoms with Crippen LogP contribution in [-0.2, 0) is 6.42 Å². The van der Waals surface area contributed by atoms with Gasteiger partial charge in [0.05, 0.1) is 5.56 Å². The molecule has 0 aliphatic carbocycles. The highest BCUT2D eigenvalue weighted by Gasteiger charge is 2.11. The SMILES string of the molecule is CCc1csc2ccc(F)c(C#N)c12. The van der Waals surface area contributed by atoms with Crippen LogP contribution in [0.25, 0.3) is 10.1 Å². The normalized spacial score (nSPS) is 10.4. The molecule has 3 heteroatoms. The number of aryl methyl sites for hydroxylation is 1.